The summed E-state index contributed by atoms with van der Waals surface area (Å²) in [6, 6.07) is 0. The Morgan fingerprint density at radius 1 is 1.38 bits per heavy atom. The molecular formula is C14H23N5O2. The summed E-state index contributed by atoms with van der Waals surface area (Å²) in [4.78, 5) is 19.0. The standard InChI is InChI=1S/C14H23N5O2/c1-14(2,19-6-8-21-9-7-19)12(20)16-13-15-11(17-18-13)10-4-3-5-10/h10H,3-9H2,1-2H3,(H2,15,16,17,18,20). The number of nitrogens with one attached hydrogen (secondary N) is 2. The number of anilines is 1. The van der Waals surface area contributed by atoms with E-state index in [1.165, 1.54) is 6.42 Å². The maximum absolute atomic E-state index is 12.5. The van der Waals surface area contributed by atoms with Crippen LogP contribution in [0.1, 0.15) is 44.9 Å². The average Bonchev–Trinajstić information content (AvgIpc) is 2.85. The number of amides is 1. The Hall–Kier alpha value is -1.47. The van der Waals surface area contributed by atoms with E-state index in [4.69, 9.17) is 4.74 Å². The molecule has 1 aromatic rings. The highest BCUT2D eigenvalue weighted by atomic mass is 16.5. The van der Waals surface area contributed by atoms with Crippen molar-refractivity contribution in [3.8, 4) is 0 Å². The molecule has 2 aliphatic rings. The number of nitrogens with zero attached hydrogens (tertiary/aromatic N) is 3. The van der Waals surface area contributed by atoms with Gasteiger partial charge in [-0.2, -0.15) is 4.98 Å². The molecule has 1 saturated heterocycles. The van der Waals surface area contributed by atoms with Crippen LogP contribution in [0.5, 0.6) is 0 Å². The van der Waals surface area contributed by atoms with Crippen LogP contribution in [0.25, 0.3) is 0 Å². The fourth-order valence-electron chi connectivity index (χ4n) is 2.71. The minimum Gasteiger partial charge on any atom is -0.379 e. The molecule has 1 saturated carbocycles. The molecule has 21 heavy (non-hydrogen) atoms. The number of carbonyl (C=O) groups excluding carboxylic acids is 1. The van der Waals surface area contributed by atoms with Gasteiger partial charge in [0, 0.05) is 19.0 Å². The van der Waals surface area contributed by atoms with Gasteiger partial charge in [0.1, 0.15) is 5.82 Å². The van der Waals surface area contributed by atoms with Crippen molar-refractivity contribution in [3.63, 3.8) is 0 Å². The number of carbonyl (C=O) groups is 1. The predicted molar refractivity (Wildman–Crippen MR) is 78.1 cm³/mol. The maximum Gasteiger partial charge on any atom is 0.248 e. The summed E-state index contributed by atoms with van der Waals surface area (Å²) in [7, 11) is 0. The lowest BCUT2D eigenvalue weighted by Crippen LogP contribution is -2.56. The molecule has 116 valence electrons. The molecule has 2 N–H and O–H groups in total. The Morgan fingerprint density at radius 3 is 2.71 bits per heavy atom. The van der Waals surface area contributed by atoms with E-state index in [1.54, 1.807) is 0 Å². The molecule has 0 unspecified atom stereocenters. The van der Waals surface area contributed by atoms with Crippen molar-refractivity contribution in [2.75, 3.05) is 31.6 Å². The summed E-state index contributed by atoms with van der Waals surface area (Å²) in [5.41, 5.74) is -0.596. The summed E-state index contributed by atoms with van der Waals surface area (Å²) in [5.74, 6) is 1.67. The monoisotopic (exact) mass is 293 g/mol. The van der Waals surface area contributed by atoms with Crippen molar-refractivity contribution in [2.45, 2.75) is 44.6 Å². The number of aromatic amines is 1. The van der Waals surface area contributed by atoms with Gasteiger partial charge in [-0.05, 0) is 26.7 Å². The van der Waals surface area contributed by atoms with Crippen LogP contribution >= 0.6 is 0 Å². The molecule has 0 spiro atoms. The van der Waals surface area contributed by atoms with E-state index in [9.17, 15) is 4.79 Å². The van der Waals surface area contributed by atoms with Gasteiger partial charge in [-0.1, -0.05) is 6.42 Å². The second kappa shape index (κ2) is 5.73. The summed E-state index contributed by atoms with van der Waals surface area (Å²) in [6.45, 7) is 6.72. The Bertz CT molecular complexity index is 503. The summed E-state index contributed by atoms with van der Waals surface area (Å²) < 4.78 is 5.34. The smallest absolute Gasteiger partial charge is 0.248 e. The number of hydrogen-bond acceptors (Lipinski definition) is 5. The lowest BCUT2D eigenvalue weighted by Gasteiger charge is -2.39. The normalized spacial score (nSPS) is 21.0. The molecule has 1 aromatic heterocycles. The molecule has 1 aliphatic carbocycles. The highest BCUT2D eigenvalue weighted by Gasteiger charge is 2.36. The quantitative estimate of drug-likeness (QED) is 0.869. The van der Waals surface area contributed by atoms with E-state index >= 15 is 0 Å². The summed E-state index contributed by atoms with van der Waals surface area (Å²) in [5, 5.41) is 9.87. The molecule has 3 rings (SSSR count). The van der Waals surface area contributed by atoms with Crippen molar-refractivity contribution in [2.24, 2.45) is 0 Å². The minimum atomic E-state index is -0.596. The van der Waals surface area contributed by atoms with Gasteiger partial charge in [0.15, 0.2) is 0 Å². The van der Waals surface area contributed by atoms with Crippen LogP contribution in [0, 0.1) is 0 Å². The van der Waals surface area contributed by atoms with Gasteiger partial charge in [0.05, 0.1) is 18.8 Å². The van der Waals surface area contributed by atoms with Crippen molar-refractivity contribution >= 4 is 11.9 Å². The number of morpholine rings is 1. The van der Waals surface area contributed by atoms with Gasteiger partial charge in [-0.3, -0.25) is 20.1 Å². The van der Waals surface area contributed by atoms with E-state index in [0.29, 0.717) is 25.1 Å². The van der Waals surface area contributed by atoms with E-state index < -0.39 is 5.54 Å². The molecule has 1 amide bonds. The van der Waals surface area contributed by atoms with Crippen LogP contribution in [-0.4, -0.2) is 57.8 Å². The lowest BCUT2D eigenvalue weighted by atomic mass is 9.85. The van der Waals surface area contributed by atoms with Crippen LogP contribution < -0.4 is 5.32 Å². The second-order valence-corrected chi connectivity index (χ2v) is 6.28. The zero-order valence-corrected chi connectivity index (χ0v) is 12.7. The SMILES string of the molecule is CC(C)(C(=O)Nc1n[nH]c(C2CCC2)n1)N1CCOCC1. The van der Waals surface area contributed by atoms with Crippen molar-refractivity contribution in [1.82, 2.24) is 20.1 Å². The first-order valence-corrected chi connectivity index (χ1v) is 7.64. The van der Waals surface area contributed by atoms with Crippen LogP contribution in [0.3, 0.4) is 0 Å². The van der Waals surface area contributed by atoms with Gasteiger partial charge in [-0.15, -0.1) is 5.10 Å². The third kappa shape index (κ3) is 2.94. The topological polar surface area (TPSA) is 83.1 Å². The zero-order valence-electron chi connectivity index (χ0n) is 12.7. The maximum atomic E-state index is 12.5. The number of H-pyrrole nitrogens is 1. The van der Waals surface area contributed by atoms with Gasteiger partial charge in [-0.25, -0.2) is 0 Å². The van der Waals surface area contributed by atoms with E-state index in [2.05, 4.69) is 25.4 Å². The highest BCUT2D eigenvalue weighted by Crippen LogP contribution is 2.34. The van der Waals surface area contributed by atoms with Gasteiger partial charge in [0.2, 0.25) is 11.9 Å². The Labute approximate surface area is 124 Å². The van der Waals surface area contributed by atoms with Crippen molar-refractivity contribution in [3.05, 3.63) is 5.82 Å². The first-order valence-electron chi connectivity index (χ1n) is 7.64. The lowest BCUT2D eigenvalue weighted by molar-refractivity contribution is -0.129. The van der Waals surface area contributed by atoms with Gasteiger partial charge < -0.3 is 4.74 Å². The van der Waals surface area contributed by atoms with Gasteiger partial charge in [0.25, 0.3) is 0 Å². The number of hydrogen-bond donors (Lipinski definition) is 2. The first-order chi connectivity index (χ1) is 10.1. The number of ether oxygens (including phenoxy) is 1. The second-order valence-electron chi connectivity index (χ2n) is 6.28. The Balaban J connectivity index is 1.62. The zero-order chi connectivity index (χ0) is 14.9. The molecule has 2 heterocycles. The van der Waals surface area contributed by atoms with Gasteiger partial charge >= 0.3 is 0 Å². The number of aromatic nitrogens is 3. The van der Waals surface area contributed by atoms with Crippen molar-refractivity contribution < 1.29 is 9.53 Å². The van der Waals surface area contributed by atoms with Crippen LogP contribution in [0.15, 0.2) is 0 Å². The molecule has 0 radical (unpaired) electrons. The molecule has 0 atom stereocenters. The molecular weight excluding hydrogens is 270 g/mol. The van der Waals surface area contributed by atoms with Crippen LogP contribution in [-0.2, 0) is 9.53 Å². The largest absolute Gasteiger partial charge is 0.379 e. The third-order valence-electron chi connectivity index (χ3n) is 4.58. The molecule has 1 aliphatic heterocycles. The predicted octanol–water partition coefficient (Wildman–Crippen LogP) is 1.12. The van der Waals surface area contributed by atoms with E-state index in [1.807, 2.05) is 13.8 Å². The van der Waals surface area contributed by atoms with Crippen molar-refractivity contribution in [1.29, 1.82) is 0 Å². The average molecular weight is 293 g/mol. The fourth-order valence-corrected chi connectivity index (χ4v) is 2.71. The molecule has 7 heteroatoms. The van der Waals surface area contributed by atoms with E-state index in [0.717, 1.165) is 31.8 Å². The molecule has 0 aromatic carbocycles. The third-order valence-corrected chi connectivity index (χ3v) is 4.58. The first kappa shape index (κ1) is 14.5. The fraction of sp³-hybridized carbons (Fsp3) is 0.786. The Kier molecular flexibility index (Phi) is 3.95. The molecule has 2 fully saturated rings. The van der Waals surface area contributed by atoms with Crippen LogP contribution in [0.2, 0.25) is 0 Å². The highest BCUT2D eigenvalue weighted by molar-refractivity contribution is 5.96. The minimum absolute atomic E-state index is 0.0800. The molecule has 0 bridgehead atoms. The summed E-state index contributed by atoms with van der Waals surface area (Å²) in [6.07, 6.45) is 3.56. The molecule has 7 nitrogen and oxygen atoms in total. The van der Waals surface area contributed by atoms with Crippen LogP contribution in [0.4, 0.5) is 5.95 Å². The van der Waals surface area contributed by atoms with E-state index in [-0.39, 0.29) is 5.91 Å². The Morgan fingerprint density at radius 2 is 2.10 bits per heavy atom. The summed E-state index contributed by atoms with van der Waals surface area (Å²) >= 11 is 0. The number of rotatable bonds is 4.